The molecule has 0 spiro atoms. The van der Waals surface area contributed by atoms with Gasteiger partial charge in [0.15, 0.2) is 5.12 Å². The standard InChI is InChI=1S/C6H8OS/c1-2-3-4-5-6(7)8/h1H,3-5H2,(H,7,8). The molecule has 0 atom stereocenters. The zero-order chi connectivity index (χ0) is 6.41. The van der Waals surface area contributed by atoms with Crippen LogP contribution in [0.2, 0.25) is 0 Å². The number of thiol groups is 1. The number of carbonyl (C=O) groups is 1. The fraction of sp³-hybridized carbons (Fsp3) is 0.500. The molecule has 44 valence electrons. The van der Waals surface area contributed by atoms with Gasteiger partial charge in [-0.25, -0.2) is 0 Å². The molecule has 0 aliphatic rings. The van der Waals surface area contributed by atoms with Crippen LogP contribution in [0.4, 0.5) is 0 Å². The van der Waals surface area contributed by atoms with E-state index in [4.69, 9.17) is 6.42 Å². The molecule has 0 heterocycles. The summed E-state index contributed by atoms with van der Waals surface area (Å²) in [4.78, 5) is 10.1. The third-order valence-corrected chi connectivity index (χ3v) is 0.935. The highest BCUT2D eigenvalue weighted by Gasteiger charge is 1.89. The maximum atomic E-state index is 10.1. The highest BCUT2D eigenvalue weighted by Crippen LogP contribution is 1.96. The van der Waals surface area contributed by atoms with Gasteiger partial charge in [0, 0.05) is 12.8 Å². The van der Waals surface area contributed by atoms with Crippen LogP contribution in [-0.2, 0) is 4.79 Å². The maximum absolute atomic E-state index is 10.1. The van der Waals surface area contributed by atoms with Crippen LogP contribution in [0.1, 0.15) is 19.3 Å². The van der Waals surface area contributed by atoms with Gasteiger partial charge in [-0.1, -0.05) is 0 Å². The Hall–Kier alpha value is -0.420. The number of terminal acetylenes is 1. The van der Waals surface area contributed by atoms with E-state index >= 15 is 0 Å². The molecule has 0 aromatic rings. The Labute approximate surface area is 54.9 Å². The number of hydrogen-bond acceptors (Lipinski definition) is 1. The molecule has 2 heteroatoms. The predicted octanol–water partition coefficient (Wildman–Crippen LogP) is 1.25. The molecule has 0 N–H and O–H groups in total. The maximum Gasteiger partial charge on any atom is 0.185 e. The number of hydrogen-bond donors (Lipinski definition) is 1. The molecule has 0 aromatic carbocycles. The summed E-state index contributed by atoms with van der Waals surface area (Å²) in [5.41, 5.74) is 0. The van der Waals surface area contributed by atoms with E-state index < -0.39 is 0 Å². The quantitative estimate of drug-likeness (QED) is 0.344. The first-order valence-electron chi connectivity index (χ1n) is 2.42. The second kappa shape index (κ2) is 4.73. The lowest BCUT2D eigenvalue weighted by Crippen LogP contribution is -1.83. The number of rotatable bonds is 3. The largest absolute Gasteiger partial charge is 0.288 e. The molecule has 0 aromatic heterocycles. The van der Waals surface area contributed by atoms with Gasteiger partial charge in [0.05, 0.1) is 0 Å². The van der Waals surface area contributed by atoms with Crippen LogP contribution in [0.15, 0.2) is 0 Å². The molecule has 0 amide bonds. The fourth-order valence-electron chi connectivity index (χ4n) is 0.342. The van der Waals surface area contributed by atoms with E-state index in [-0.39, 0.29) is 5.12 Å². The first-order valence-corrected chi connectivity index (χ1v) is 2.87. The van der Waals surface area contributed by atoms with Crippen LogP contribution in [0.25, 0.3) is 0 Å². The van der Waals surface area contributed by atoms with Crippen LogP contribution in [0.3, 0.4) is 0 Å². The average molecular weight is 128 g/mol. The molecule has 8 heavy (non-hydrogen) atoms. The lowest BCUT2D eigenvalue weighted by atomic mass is 10.3. The molecule has 1 nitrogen and oxygen atoms in total. The first-order chi connectivity index (χ1) is 3.77. The molecule has 0 aliphatic carbocycles. The molecular weight excluding hydrogens is 120 g/mol. The van der Waals surface area contributed by atoms with Crippen molar-refractivity contribution in [2.75, 3.05) is 0 Å². The lowest BCUT2D eigenvalue weighted by molar-refractivity contribution is -0.110. The van der Waals surface area contributed by atoms with Crippen molar-refractivity contribution < 1.29 is 4.79 Å². The summed E-state index contributed by atoms with van der Waals surface area (Å²) >= 11 is 3.56. The van der Waals surface area contributed by atoms with Crippen LogP contribution < -0.4 is 0 Å². The van der Waals surface area contributed by atoms with Crippen molar-refractivity contribution >= 4 is 17.7 Å². The molecular formula is C6H8OS. The van der Waals surface area contributed by atoms with E-state index in [0.29, 0.717) is 12.8 Å². The van der Waals surface area contributed by atoms with Gasteiger partial charge in [-0.3, -0.25) is 4.79 Å². The normalized spacial score (nSPS) is 8.00. The summed E-state index contributed by atoms with van der Waals surface area (Å²) in [6, 6.07) is 0. The molecule has 0 fully saturated rings. The SMILES string of the molecule is C#CCCCC(=O)S. The molecule has 0 saturated carbocycles. The van der Waals surface area contributed by atoms with Crippen molar-refractivity contribution in [3.8, 4) is 12.3 Å². The minimum atomic E-state index is -0.0831. The summed E-state index contributed by atoms with van der Waals surface area (Å²) in [7, 11) is 0. The van der Waals surface area contributed by atoms with Crippen molar-refractivity contribution in [2.24, 2.45) is 0 Å². The Balaban J connectivity index is 2.97. The van der Waals surface area contributed by atoms with Crippen LogP contribution in [0, 0.1) is 12.3 Å². The average Bonchev–Trinajstić information content (AvgIpc) is 1.66. The minimum Gasteiger partial charge on any atom is -0.288 e. The molecule has 0 aliphatic heterocycles. The van der Waals surface area contributed by atoms with Crippen molar-refractivity contribution in [1.29, 1.82) is 0 Å². The summed E-state index contributed by atoms with van der Waals surface area (Å²) < 4.78 is 0. The van der Waals surface area contributed by atoms with E-state index in [1.54, 1.807) is 0 Å². The second-order valence-corrected chi connectivity index (χ2v) is 1.95. The Morgan fingerprint density at radius 1 is 1.75 bits per heavy atom. The highest BCUT2D eigenvalue weighted by atomic mass is 32.1. The van der Waals surface area contributed by atoms with Crippen LogP contribution in [0.5, 0.6) is 0 Å². The smallest absolute Gasteiger partial charge is 0.185 e. The van der Waals surface area contributed by atoms with Gasteiger partial charge in [-0.15, -0.1) is 25.0 Å². The third kappa shape index (κ3) is 5.58. The summed E-state index contributed by atoms with van der Waals surface area (Å²) in [5.74, 6) is 2.44. The van der Waals surface area contributed by atoms with E-state index in [2.05, 4.69) is 18.5 Å². The van der Waals surface area contributed by atoms with Crippen molar-refractivity contribution in [2.45, 2.75) is 19.3 Å². The Morgan fingerprint density at radius 3 is 2.75 bits per heavy atom. The third-order valence-electron chi connectivity index (χ3n) is 0.712. The fourth-order valence-corrected chi connectivity index (χ4v) is 0.500. The summed E-state index contributed by atoms with van der Waals surface area (Å²) in [5, 5.41) is -0.0831. The van der Waals surface area contributed by atoms with Gasteiger partial charge in [-0.05, 0) is 6.42 Å². The van der Waals surface area contributed by atoms with Crippen molar-refractivity contribution in [3.05, 3.63) is 0 Å². The molecule has 0 bridgehead atoms. The zero-order valence-electron chi connectivity index (χ0n) is 4.55. The first kappa shape index (κ1) is 7.58. The highest BCUT2D eigenvalue weighted by molar-refractivity contribution is 7.96. The number of carbonyl (C=O) groups excluding carboxylic acids is 1. The van der Waals surface area contributed by atoms with Gasteiger partial charge in [0.1, 0.15) is 0 Å². The molecule has 0 unspecified atom stereocenters. The molecule has 0 saturated heterocycles. The second-order valence-electron chi connectivity index (χ2n) is 1.45. The van der Waals surface area contributed by atoms with Crippen LogP contribution >= 0.6 is 12.6 Å². The van der Waals surface area contributed by atoms with Gasteiger partial charge in [-0.2, -0.15) is 0 Å². The Bertz CT molecular complexity index is 112. The minimum absolute atomic E-state index is 0.0831. The van der Waals surface area contributed by atoms with Gasteiger partial charge >= 0.3 is 0 Å². The van der Waals surface area contributed by atoms with E-state index in [0.717, 1.165) is 6.42 Å². The Morgan fingerprint density at radius 2 is 2.38 bits per heavy atom. The lowest BCUT2D eigenvalue weighted by Gasteiger charge is -1.85. The molecule has 0 rings (SSSR count). The monoisotopic (exact) mass is 128 g/mol. The van der Waals surface area contributed by atoms with Crippen LogP contribution in [-0.4, -0.2) is 5.12 Å². The van der Waals surface area contributed by atoms with Gasteiger partial charge < -0.3 is 0 Å². The van der Waals surface area contributed by atoms with Gasteiger partial charge in [0.25, 0.3) is 0 Å². The Kier molecular flexibility index (Phi) is 4.48. The molecule has 0 radical (unpaired) electrons. The van der Waals surface area contributed by atoms with Gasteiger partial charge in [0.2, 0.25) is 0 Å². The van der Waals surface area contributed by atoms with E-state index in [1.165, 1.54) is 0 Å². The summed E-state index contributed by atoms with van der Waals surface area (Å²) in [6.45, 7) is 0. The van der Waals surface area contributed by atoms with Crippen molar-refractivity contribution in [1.82, 2.24) is 0 Å². The van der Waals surface area contributed by atoms with E-state index in [9.17, 15) is 4.79 Å². The predicted molar refractivity (Wildman–Crippen MR) is 36.7 cm³/mol. The zero-order valence-corrected chi connectivity index (χ0v) is 5.45. The summed E-state index contributed by atoms with van der Waals surface area (Å²) in [6.07, 6.45) is 6.86. The number of unbranched alkanes of at least 4 members (excludes halogenated alkanes) is 1. The van der Waals surface area contributed by atoms with Crippen molar-refractivity contribution in [3.63, 3.8) is 0 Å². The topological polar surface area (TPSA) is 17.1 Å². The van der Waals surface area contributed by atoms with E-state index in [1.807, 2.05) is 0 Å².